The second kappa shape index (κ2) is 5.34. The third-order valence-corrected chi connectivity index (χ3v) is 2.68. The zero-order chi connectivity index (χ0) is 12.3. The van der Waals surface area contributed by atoms with Crippen LogP contribution in [0.15, 0.2) is 36.5 Å². The van der Waals surface area contributed by atoms with Crippen LogP contribution >= 0.6 is 23.2 Å². The molecule has 1 aromatic carbocycles. The maximum absolute atomic E-state index is 13.2. The van der Waals surface area contributed by atoms with E-state index in [0.29, 0.717) is 17.5 Å². The first-order valence-electron chi connectivity index (χ1n) is 4.83. The molecule has 0 amide bonds. The van der Waals surface area contributed by atoms with Crippen LogP contribution in [0.25, 0.3) is 0 Å². The van der Waals surface area contributed by atoms with Gasteiger partial charge in [-0.25, -0.2) is 9.37 Å². The summed E-state index contributed by atoms with van der Waals surface area (Å²) >= 11 is 11.3. The molecule has 17 heavy (non-hydrogen) atoms. The van der Waals surface area contributed by atoms with Gasteiger partial charge in [-0.05, 0) is 23.8 Å². The molecule has 2 nitrogen and oxygen atoms in total. The van der Waals surface area contributed by atoms with E-state index in [9.17, 15) is 4.39 Å². The molecule has 0 aliphatic carbocycles. The van der Waals surface area contributed by atoms with Crippen molar-refractivity contribution in [3.63, 3.8) is 0 Å². The molecule has 1 aromatic heterocycles. The maximum Gasteiger partial charge on any atom is 0.219 e. The Morgan fingerprint density at radius 3 is 2.76 bits per heavy atom. The first-order chi connectivity index (χ1) is 8.19. The maximum atomic E-state index is 13.2. The van der Waals surface area contributed by atoms with Crippen molar-refractivity contribution < 1.29 is 9.13 Å². The number of hydrogen-bond acceptors (Lipinski definition) is 2. The highest BCUT2D eigenvalue weighted by atomic mass is 35.5. The number of benzene rings is 1. The topological polar surface area (TPSA) is 22.1 Å². The Kier molecular flexibility index (Phi) is 3.82. The summed E-state index contributed by atoms with van der Waals surface area (Å²) in [5, 5.41) is 0.0554. The lowest BCUT2D eigenvalue weighted by molar-refractivity contribution is 0.457. The normalized spacial score (nSPS) is 10.3. The summed E-state index contributed by atoms with van der Waals surface area (Å²) in [6.07, 6.45) is 1.58. The minimum Gasteiger partial charge on any atom is -0.439 e. The Hall–Kier alpha value is -1.32. The van der Waals surface area contributed by atoms with Gasteiger partial charge in [-0.3, -0.25) is 0 Å². The second-order valence-electron chi connectivity index (χ2n) is 3.31. The standard InChI is InChI=1S/C12H8Cl2FNO/c13-7-8-3-4-16-12(5-8)17-9-1-2-10(14)11(15)6-9/h1-6H,7H2. The zero-order valence-corrected chi connectivity index (χ0v) is 10.2. The summed E-state index contributed by atoms with van der Waals surface area (Å²) < 4.78 is 18.6. The van der Waals surface area contributed by atoms with Crippen molar-refractivity contribution in [1.82, 2.24) is 4.98 Å². The number of pyridine rings is 1. The van der Waals surface area contributed by atoms with Crippen molar-refractivity contribution in [2.45, 2.75) is 5.88 Å². The highest BCUT2D eigenvalue weighted by molar-refractivity contribution is 6.30. The van der Waals surface area contributed by atoms with Crippen LogP contribution in [-0.4, -0.2) is 4.98 Å². The predicted molar refractivity (Wildman–Crippen MR) is 65.3 cm³/mol. The number of rotatable bonds is 3. The number of hydrogen-bond donors (Lipinski definition) is 0. The van der Waals surface area contributed by atoms with Crippen LogP contribution in [-0.2, 0) is 5.88 Å². The summed E-state index contributed by atoms with van der Waals surface area (Å²) in [5.41, 5.74) is 0.881. The fourth-order valence-electron chi connectivity index (χ4n) is 1.25. The Labute approximate surface area is 108 Å². The SMILES string of the molecule is Fc1cc(Oc2cc(CCl)ccn2)ccc1Cl. The van der Waals surface area contributed by atoms with Crippen molar-refractivity contribution in [3.05, 3.63) is 52.9 Å². The fourth-order valence-corrected chi connectivity index (χ4v) is 1.53. The Balaban J connectivity index is 2.22. The largest absolute Gasteiger partial charge is 0.439 e. The first kappa shape index (κ1) is 12.1. The van der Waals surface area contributed by atoms with Crippen LogP contribution in [0.2, 0.25) is 5.02 Å². The van der Waals surface area contributed by atoms with E-state index in [4.69, 9.17) is 27.9 Å². The number of ether oxygens (including phenoxy) is 1. The van der Waals surface area contributed by atoms with Gasteiger partial charge in [-0.1, -0.05) is 11.6 Å². The molecule has 0 N–H and O–H groups in total. The molecule has 0 radical (unpaired) electrons. The molecular weight excluding hydrogens is 264 g/mol. The predicted octanol–water partition coefficient (Wildman–Crippen LogP) is 4.41. The van der Waals surface area contributed by atoms with Crippen LogP contribution in [0, 0.1) is 5.82 Å². The minimum atomic E-state index is -0.530. The average Bonchev–Trinajstić information content (AvgIpc) is 2.34. The molecule has 0 bridgehead atoms. The van der Waals surface area contributed by atoms with Crippen LogP contribution in [0.1, 0.15) is 5.56 Å². The molecule has 0 fully saturated rings. The van der Waals surface area contributed by atoms with Crippen LogP contribution in [0.5, 0.6) is 11.6 Å². The van der Waals surface area contributed by atoms with E-state index in [1.165, 1.54) is 12.1 Å². The third-order valence-electron chi connectivity index (χ3n) is 2.07. The second-order valence-corrected chi connectivity index (χ2v) is 3.99. The number of nitrogens with zero attached hydrogens (tertiary/aromatic N) is 1. The molecule has 0 unspecified atom stereocenters. The lowest BCUT2D eigenvalue weighted by Gasteiger charge is -2.06. The van der Waals surface area contributed by atoms with E-state index in [1.54, 1.807) is 24.4 Å². The lowest BCUT2D eigenvalue weighted by Crippen LogP contribution is -1.90. The molecular formula is C12H8Cl2FNO. The summed E-state index contributed by atoms with van der Waals surface area (Å²) in [7, 11) is 0. The third kappa shape index (κ3) is 3.08. The molecule has 0 saturated carbocycles. The van der Waals surface area contributed by atoms with E-state index in [0.717, 1.165) is 5.56 Å². The highest BCUT2D eigenvalue weighted by Crippen LogP contribution is 2.24. The van der Waals surface area contributed by atoms with Crippen molar-refractivity contribution >= 4 is 23.2 Å². The molecule has 88 valence electrons. The molecule has 2 aromatic rings. The quantitative estimate of drug-likeness (QED) is 0.772. The summed E-state index contributed by atoms with van der Waals surface area (Å²) in [6.45, 7) is 0. The molecule has 0 atom stereocenters. The molecule has 0 aliphatic rings. The lowest BCUT2D eigenvalue weighted by atomic mass is 10.3. The van der Waals surface area contributed by atoms with Gasteiger partial charge in [0.1, 0.15) is 11.6 Å². The van der Waals surface area contributed by atoms with Gasteiger partial charge >= 0.3 is 0 Å². The molecule has 1 heterocycles. The van der Waals surface area contributed by atoms with Crippen LogP contribution in [0.3, 0.4) is 0 Å². The Morgan fingerprint density at radius 1 is 1.24 bits per heavy atom. The van der Waals surface area contributed by atoms with E-state index in [2.05, 4.69) is 4.98 Å². The zero-order valence-electron chi connectivity index (χ0n) is 8.66. The number of halogens is 3. The van der Waals surface area contributed by atoms with Crippen molar-refractivity contribution in [2.75, 3.05) is 0 Å². The minimum absolute atomic E-state index is 0.0554. The van der Waals surface area contributed by atoms with Gasteiger partial charge in [0.05, 0.1) is 5.02 Å². The molecule has 0 saturated heterocycles. The van der Waals surface area contributed by atoms with Crippen LogP contribution < -0.4 is 4.74 Å². The van der Waals surface area contributed by atoms with Gasteiger partial charge in [0.15, 0.2) is 0 Å². The van der Waals surface area contributed by atoms with Crippen LogP contribution in [0.4, 0.5) is 4.39 Å². The van der Waals surface area contributed by atoms with Gasteiger partial charge in [0, 0.05) is 24.2 Å². The summed E-state index contributed by atoms with van der Waals surface area (Å²) in [4.78, 5) is 4.00. The Bertz CT molecular complexity index is 534. The Morgan fingerprint density at radius 2 is 2.06 bits per heavy atom. The average molecular weight is 272 g/mol. The monoisotopic (exact) mass is 271 g/mol. The molecule has 5 heteroatoms. The van der Waals surface area contributed by atoms with Crippen molar-refractivity contribution in [2.24, 2.45) is 0 Å². The highest BCUT2D eigenvalue weighted by Gasteiger charge is 2.04. The summed E-state index contributed by atoms with van der Waals surface area (Å²) in [5.74, 6) is 0.544. The molecule has 2 rings (SSSR count). The number of aromatic nitrogens is 1. The van der Waals surface area contributed by atoms with Gasteiger partial charge in [0.2, 0.25) is 5.88 Å². The van der Waals surface area contributed by atoms with E-state index in [-0.39, 0.29) is 5.02 Å². The number of alkyl halides is 1. The fraction of sp³-hybridized carbons (Fsp3) is 0.0833. The van der Waals surface area contributed by atoms with E-state index >= 15 is 0 Å². The van der Waals surface area contributed by atoms with E-state index < -0.39 is 5.82 Å². The van der Waals surface area contributed by atoms with Crippen molar-refractivity contribution in [1.29, 1.82) is 0 Å². The van der Waals surface area contributed by atoms with E-state index in [1.807, 2.05) is 0 Å². The first-order valence-corrected chi connectivity index (χ1v) is 5.74. The van der Waals surface area contributed by atoms with Gasteiger partial charge in [-0.2, -0.15) is 0 Å². The van der Waals surface area contributed by atoms with Gasteiger partial charge in [-0.15, -0.1) is 11.6 Å². The molecule has 0 spiro atoms. The smallest absolute Gasteiger partial charge is 0.219 e. The van der Waals surface area contributed by atoms with Crippen molar-refractivity contribution in [3.8, 4) is 11.6 Å². The van der Waals surface area contributed by atoms with Gasteiger partial charge < -0.3 is 4.74 Å². The van der Waals surface area contributed by atoms with Gasteiger partial charge in [0.25, 0.3) is 0 Å². The molecule has 0 aliphatic heterocycles. The summed E-state index contributed by atoms with van der Waals surface area (Å²) in [6, 6.07) is 7.68.